The molecule has 0 aliphatic heterocycles. The third kappa shape index (κ3) is 3.44. The van der Waals surface area contributed by atoms with Crippen molar-refractivity contribution in [3.05, 3.63) is 35.7 Å². The first-order valence-corrected chi connectivity index (χ1v) is 8.60. The highest BCUT2D eigenvalue weighted by molar-refractivity contribution is 5.56. The first kappa shape index (κ1) is 19.5. The van der Waals surface area contributed by atoms with Gasteiger partial charge in [0, 0.05) is 11.6 Å². The molecule has 2 rings (SSSR count). The highest BCUT2D eigenvalue weighted by atomic mass is 19.4. The van der Waals surface area contributed by atoms with Gasteiger partial charge in [-0.25, -0.2) is 0 Å². The lowest BCUT2D eigenvalue weighted by Crippen LogP contribution is -2.43. The maximum absolute atomic E-state index is 12.8. The van der Waals surface area contributed by atoms with E-state index in [1.54, 1.807) is 6.20 Å². The summed E-state index contributed by atoms with van der Waals surface area (Å²) in [7, 11) is 0. The Balaban J connectivity index is 2.56. The topological polar surface area (TPSA) is 41.6 Å². The van der Waals surface area contributed by atoms with Gasteiger partial charge in [-0.05, 0) is 41.5 Å². The summed E-state index contributed by atoms with van der Waals surface area (Å²) in [5, 5.41) is 5.86. The average molecular weight is 353 g/mol. The van der Waals surface area contributed by atoms with Crippen LogP contribution in [0.3, 0.4) is 0 Å². The van der Waals surface area contributed by atoms with E-state index < -0.39 is 11.9 Å². The van der Waals surface area contributed by atoms with Crippen molar-refractivity contribution < 1.29 is 13.2 Å². The monoisotopic (exact) mass is 353 g/mol. The number of nitrogens with one attached hydrogen (secondary N) is 1. The number of H-pyrrole nitrogens is 1. The molecule has 0 aromatic carbocycles. The SMILES string of the molecule is CC(C)C(c1ccnc(-c2cc(C(F)(F)F)[nH]n2)c1)(C(C)C)C(C)C. The molecule has 25 heavy (non-hydrogen) atoms. The zero-order valence-corrected chi connectivity index (χ0v) is 15.6. The molecule has 0 aliphatic carbocycles. The Bertz CT molecular complexity index is 693. The molecule has 138 valence electrons. The summed E-state index contributed by atoms with van der Waals surface area (Å²) in [6.07, 6.45) is -2.78. The highest BCUT2D eigenvalue weighted by Gasteiger charge is 2.42. The molecule has 2 heterocycles. The largest absolute Gasteiger partial charge is 0.432 e. The highest BCUT2D eigenvalue weighted by Crippen LogP contribution is 2.46. The van der Waals surface area contributed by atoms with E-state index >= 15 is 0 Å². The predicted molar refractivity (Wildman–Crippen MR) is 93.0 cm³/mol. The van der Waals surface area contributed by atoms with Crippen molar-refractivity contribution >= 4 is 0 Å². The predicted octanol–water partition coefficient (Wildman–Crippen LogP) is 5.70. The number of halogens is 3. The van der Waals surface area contributed by atoms with Crippen LogP contribution >= 0.6 is 0 Å². The van der Waals surface area contributed by atoms with Crippen LogP contribution in [0.1, 0.15) is 52.8 Å². The van der Waals surface area contributed by atoms with Crippen molar-refractivity contribution in [1.29, 1.82) is 0 Å². The van der Waals surface area contributed by atoms with Gasteiger partial charge in [0.05, 0.1) is 5.69 Å². The summed E-state index contributed by atoms with van der Waals surface area (Å²) in [5.41, 5.74) is 0.794. The lowest BCUT2D eigenvalue weighted by atomic mass is 9.58. The fourth-order valence-corrected chi connectivity index (χ4v) is 4.44. The molecule has 0 atom stereocenters. The summed E-state index contributed by atoms with van der Waals surface area (Å²) in [6.45, 7) is 13.1. The molecule has 0 amide bonds. The van der Waals surface area contributed by atoms with Gasteiger partial charge in [0.1, 0.15) is 11.4 Å². The Labute approximate surface area is 147 Å². The molecule has 0 fully saturated rings. The van der Waals surface area contributed by atoms with Gasteiger partial charge in [-0.1, -0.05) is 41.5 Å². The number of alkyl halides is 3. The van der Waals surface area contributed by atoms with Gasteiger partial charge in [0.15, 0.2) is 0 Å². The Hall–Kier alpha value is -1.85. The second-order valence-electron chi connectivity index (χ2n) is 7.49. The average Bonchev–Trinajstić information content (AvgIpc) is 2.96. The number of aromatic amines is 1. The summed E-state index contributed by atoms with van der Waals surface area (Å²) < 4.78 is 38.4. The Morgan fingerprint density at radius 3 is 1.88 bits per heavy atom. The van der Waals surface area contributed by atoms with Crippen LogP contribution in [0.2, 0.25) is 0 Å². The molecule has 2 aromatic rings. The number of aromatic nitrogens is 3. The molecular formula is C19H26F3N3. The number of nitrogens with zero attached hydrogens (tertiary/aromatic N) is 2. The zero-order valence-electron chi connectivity index (χ0n) is 15.6. The molecule has 0 radical (unpaired) electrons. The Morgan fingerprint density at radius 1 is 0.880 bits per heavy atom. The number of pyridine rings is 1. The molecule has 2 aromatic heterocycles. The number of hydrogen-bond donors (Lipinski definition) is 1. The number of hydrogen-bond acceptors (Lipinski definition) is 2. The van der Waals surface area contributed by atoms with E-state index in [1.165, 1.54) is 0 Å². The van der Waals surface area contributed by atoms with Crippen molar-refractivity contribution in [2.45, 2.75) is 53.1 Å². The van der Waals surface area contributed by atoms with Crippen LogP contribution in [0.5, 0.6) is 0 Å². The molecule has 0 saturated heterocycles. The van der Waals surface area contributed by atoms with Crippen LogP contribution in [0.25, 0.3) is 11.4 Å². The van der Waals surface area contributed by atoms with E-state index in [9.17, 15) is 13.2 Å². The van der Waals surface area contributed by atoms with Gasteiger partial charge in [-0.3, -0.25) is 10.1 Å². The van der Waals surface area contributed by atoms with Crippen LogP contribution < -0.4 is 0 Å². The van der Waals surface area contributed by atoms with E-state index in [1.807, 2.05) is 12.1 Å². The first-order valence-electron chi connectivity index (χ1n) is 8.60. The van der Waals surface area contributed by atoms with Crippen LogP contribution in [0.15, 0.2) is 24.4 Å². The summed E-state index contributed by atoms with van der Waals surface area (Å²) in [5.74, 6) is 1.10. The molecule has 0 bridgehead atoms. The Morgan fingerprint density at radius 2 is 1.44 bits per heavy atom. The van der Waals surface area contributed by atoms with Crippen LogP contribution in [0, 0.1) is 17.8 Å². The summed E-state index contributed by atoms with van der Waals surface area (Å²) in [6, 6.07) is 4.87. The molecule has 0 saturated carbocycles. The molecule has 3 nitrogen and oxygen atoms in total. The molecule has 1 N–H and O–H groups in total. The Kier molecular flexibility index (Phi) is 5.30. The van der Waals surface area contributed by atoms with Crippen molar-refractivity contribution in [1.82, 2.24) is 15.2 Å². The van der Waals surface area contributed by atoms with Crippen molar-refractivity contribution in [3.63, 3.8) is 0 Å². The molecule has 0 unspecified atom stereocenters. The molecule has 0 aliphatic rings. The lowest BCUT2D eigenvalue weighted by Gasteiger charge is -2.46. The van der Waals surface area contributed by atoms with E-state index in [-0.39, 0.29) is 11.1 Å². The second-order valence-corrected chi connectivity index (χ2v) is 7.49. The van der Waals surface area contributed by atoms with Crippen LogP contribution in [0.4, 0.5) is 13.2 Å². The van der Waals surface area contributed by atoms with E-state index in [2.05, 4.69) is 56.7 Å². The summed E-state index contributed by atoms with van der Waals surface area (Å²) >= 11 is 0. The summed E-state index contributed by atoms with van der Waals surface area (Å²) in [4.78, 5) is 4.25. The van der Waals surface area contributed by atoms with E-state index in [0.29, 0.717) is 23.4 Å². The van der Waals surface area contributed by atoms with Crippen LogP contribution in [-0.4, -0.2) is 15.2 Å². The maximum Gasteiger partial charge on any atom is 0.432 e. The molecule has 0 spiro atoms. The molecule has 6 heteroatoms. The normalized spacial score (nSPS) is 13.3. The lowest BCUT2D eigenvalue weighted by molar-refractivity contribution is -0.141. The van der Waals surface area contributed by atoms with E-state index in [4.69, 9.17) is 0 Å². The minimum atomic E-state index is -4.44. The smallest absolute Gasteiger partial charge is 0.273 e. The van der Waals surface area contributed by atoms with Crippen LogP contribution in [-0.2, 0) is 11.6 Å². The van der Waals surface area contributed by atoms with Crippen molar-refractivity contribution in [2.24, 2.45) is 17.8 Å². The fourth-order valence-electron chi connectivity index (χ4n) is 4.44. The van der Waals surface area contributed by atoms with Crippen molar-refractivity contribution in [2.75, 3.05) is 0 Å². The van der Waals surface area contributed by atoms with Gasteiger partial charge in [-0.15, -0.1) is 0 Å². The van der Waals surface area contributed by atoms with E-state index in [0.717, 1.165) is 11.6 Å². The maximum atomic E-state index is 12.8. The minimum absolute atomic E-state index is 0.0964. The third-order valence-corrected chi connectivity index (χ3v) is 5.27. The van der Waals surface area contributed by atoms with Gasteiger partial charge >= 0.3 is 6.18 Å². The quantitative estimate of drug-likeness (QED) is 0.749. The van der Waals surface area contributed by atoms with Gasteiger partial charge in [-0.2, -0.15) is 18.3 Å². The van der Waals surface area contributed by atoms with Gasteiger partial charge in [0.25, 0.3) is 0 Å². The second kappa shape index (κ2) is 6.81. The minimum Gasteiger partial charge on any atom is -0.273 e. The number of rotatable bonds is 5. The fraction of sp³-hybridized carbons (Fsp3) is 0.579. The third-order valence-electron chi connectivity index (χ3n) is 5.27. The van der Waals surface area contributed by atoms with Crippen molar-refractivity contribution in [3.8, 4) is 11.4 Å². The zero-order chi connectivity index (χ0) is 19.0. The van der Waals surface area contributed by atoms with Gasteiger partial charge in [0.2, 0.25) is 0 Å². The van der Waals surface area contributed by atoms with Gasteiger partial charge < -0.3 is 0 Å². The standard InChI is InChI=1S/C19H26F3N3/c1-11(2)18(12(3)4,13(5)6)14-7-8-23-15(9-14)16-10-17(25-24-16)19(20,21)22/h7-13H,1-6H3,(H,24,25). The first-order chi connectivity index (χ1) is 11.5. The molecular weight excluding hydrogens is 327 g/mol.